The van der Waals surface area contributed by atoms with E-state index in [1.165, 1.54) is 0 Å². The number of rotatable bonds is 3. The van der Waals surface area contributed by atoms with E-state index in [9.17, 15) is 0 Å². The summed E-state index contributed by atoms with van der Waals surface area (Å²) in [6.07, 6.45) is 1.78. The Morgan fingerprint density at radius 3 is 2.28 bits per heavy atom. The highest BCUT2D eigenvalue weighted by Gasteiger charge is 2.09. The minimum Gasteiger partial charge on any atom is -0.339 e. The van der Waals surface area contributed by atoms with Gasteiger partial charge in [0.1, 0.15) is 5.82 Å². The highest BCUT2D eigenvalue weighted by Crippen LogP contribution is 2.29. The largest absolute Gasteiger partial charge is 0.339 e. The molecule has 2 aromatic heterocycles. The summed E-state index contributed by atoms with van der Waals surface area (Å²) in [6.45, 7) is 1.95. The Kier molecular flexibility index (Phi) is 6.78. The molecule has 0 fully saturated rings. The number of hydrogen-bond donors (Lipinski definition) is 3. The lowest BCUT2D eigenvalue weighted by molar-refractivity contribution is 0.764. The summed E-state index contributed by atoms with van der Waals surface area (Å²) < 4.78 is 1.81. The van der Waals surface area contributed by atoms with E-state index < -0.39 is 0 Å². The zero-order chi connectivity index (χ0) is 18.4. The third-order valence-electron chi connectivity index (χ3n) is 3.25. The van der Waals surface area contributed by atoms with Gasteiger partial charge in [-0.15, -0.1) is 0 Å². The number of aryl methyl sites for hydroxylation is 2. The Hall–Kier alpha value is -2.12. The van der Waals surface area contributed by atoms with Crippen LogP contribution in [0.25, 0.3) is 11.3 Å². The summed E-state index contributed by atoms with van der Waals surface area (Å²) in [7, 11) is 3.55. The summed E-state index contributed by atoms with van der Waals surface area (Å²) in [5, 5.41) is 8.74. The number of benzene rings is 1. The molecule has 0 atom stereocenters. The Morgan fingerprint density at radius 1 is 1.12 bits per heavy atom. The standard InChI is InChI=1S/C16H14Cl2N4.CH6N2/c1-10-7-15(22(2)21-10)11-8-14(18)16(19-9-11)20-13-5-3-12(17)4-6-13;1-3-2/h3-9H,1-2H3,(H,19,20);3H,2H2,1H3. The van der Waals surface area contributed by atoms with E-state index in [0.717, 1.165) is 22.6 Å². The number of hydrazine groups is 1. The SMILES string of the molecule is CNN.Cc1cc(-c2cnc(Nc3ccc(Cl)cc3)c(Cl)c2)n(C)n1. The van der Waals surface area contributed by atoms with Crippen molar-refractivity contribution in [1.29, 1.82) is 0 Å². The lowest BCUT2D eigenvalue weighted by atomic mass is 10.2. The average molecular weight is 379 g/mol. The number of hydrogen-bond acceptors (Lipinski definition) is 5. The first kappa shape index (κ1) is 19.2. The number of anilines is 2. The van der Waals surface area contributed by atoms with E-state index in [4.69, 9.17) is 23.2 Å². The fourth-order valence-corrected chi connectivity index (χ4v) is 2.56. The van der Waals surface area contributed by atoms with Gasteiger partial charge in [0, 0.05) is 29.5 Å². The molecule has 0 saturated heterocycles. The van der Waals surface area contributed by atoms with Crippen LogP contribution in [-0.2, 0) is 7.05 Å². The second-order valence-electron chi connectivity index (χ2n) is 5.27. The van der Waals surface area contributed by atoms with Crippen LogP contribution in [0.2, 0.25) is 10.0 Å². The van der Waals surface area contributed by atoms with Crippen LogP contribution in [0.15, 0.2) is 42.6 Å². The Bertz CT molecular complexity index is 830. The van der Waals surface area contributed by atoms with Crippen molar-refractivity contribution in [2.24, 2.45) is 12.9 Å². The highest BCUT2D eigenvalue weighted by molar-refractivity contribution is 6.33. The van der Waals surface area contributed by atoms with Gasteiger partial charge in [0.05, 0.1) is 16.4 Å². The third kappa shape index (κ3) is 5.17. The normalized spacial score (nSPS) is 10.2. The van der Waals surface area contributed by atoms with Crippen molar-refractivity contribution in [3.63, 3.8) is 0 Å². The van der Waals surface area contributed by atoms with Crippen LogP contribution in [0.4, 0.5) is 11.5 Å². The number of nitrogens with one attached hydrogen (secondary N) is 2. The van der Waals surface area contributed by atoms with Crippen molar-refractivity contribution in [3.8, 4) is 11.3 Å². The smallest absolute Gasteiger partial charge is 0.149 e. The number of nitrogens with zero attached hydrogens (tertiary/aromatic N) is 3. The van der Waals surface area contributed by atoms with Crippen molar-refractivity contribution in [2.45, 2.75) is 6.92 Å². The van der Waals surface area contributed by atoms with Crippen molar-refractivity contribution in [3.05, 3.63) is 58.3 Å². The lowest BCUT2D eigenvalue weighted by Crippen LogP contribution is -2.13. The molecule has 6 nitrogen and oxygen atoms in total. The Balaban J connectivity index is 0.000000701. The Labute approximate surface area is 156 Å². The van der Waals surface area contributed by atoms with Gasteiger partial charge in [-0.05, 0) is 50.4 Å². The van der Waals surface area contributed by atoms with Crippen LogP contribution in [0, 0.1) is 6.92 Å². The Morgan fingerprint density at radius 2 is 1.76 bits per heavy atom. The molecule has 8 heteroatoms. The van der Waals surface area contributed by atoms with Gasteiger partial charge in [-0.3, -0.25) is 16.0 Å². The van der Waals surface area contributed by atoms with Crippen molar-refractivity contribution < 1.29 is 0 Å². The van der Waals surface area contributed by atoms with Gasteiger partial charge in [0.2, 0.25) is 0 Å². The zero-order valence-electron chi connectivity index (χ0n) is 14.2. The second kappa shape index (κ2) is 8.82. The molecule has 3 rings (SSSR count). The first-order valence-corrected chi connectivity index (χ1v) is 8.26. The molecule has 0 aliphatic rings. The predicted octanol–water partition coefficient (Wildman–Crippen LogP) is 3.92. The highest BCUT2D eigenvalue weighted by atomic mass is 35.5. The summed E-state index contributed by atoms with van der Waals surface area (Å²) in [5.41, 5.74) is 5.99. The molecule has 0 radical (unpaired) electrons. The van der Waals surface area contributed by atoms with Crippen molar-refractivity contribution in [1.82, 2.24) is 20.2 Å². The molecular weight excluding hydrogens is 359 g/mol. The molecule has 0 bridgehead atoms. The fourth-order valence-electron chi connectivity index (χ4n) is 2.22. The van der Waals surface area contributed by atoms with E-state index in [2.05, 4.69) is 26.7 Å². The molecular formula is C17H20Cl2N6. The molecule has 0 aliphatic heterocycles. The van der Waals surface area contributed by atoms with Gasteiger partial charge in [-0.25, -0.2) is 4.98 Å². The van der Waals surface area contributed by atoms with Gasteiger partial charge in [0.25, 0.3) is 0 Å². The molecule has 0 aliphatic carbocycles. The second-order valence-corrected chi connectivity index (χ2v) is 6.11. The zero-order valence-corrected chi connectivity index (χ0v) is 15.7. The summed E-state index contributed by atoms with van der Waals surface area (Å²) in [4.78, 5) is 4.41. The van der Waals surface area contributed by atoms with Crippen LogP contribution in [-0.4, -0.2) is 21.8 Å². The van der Waals surface area contributed by atoms with Gasteiger partial charge in [-0.2, -0.15) is 5.10 Å². The summed E-state index contributed by atoms with van der Waals surface area (Å²) >= 11 is 12.2. The molecule has 132 valence electrons. The average Bonchev–Trinajstić information content (AvgIpc) is 2.91. The van der Waals surface area contributed by atoms with E-state index in [0.29, 0.717) is 15.9 Å². The van der Waals surface area contributed by atoms with E-state index >= 15 is 0 Å². The molecule has 0 amide bonds. The van der Waals surface area contributed by atoms with Crippen LogP contribution < -0.4 is 16.6 Å². The predicted molar refractivity (Wildman–Crippen MR) is 104 cm³/mol. The minimum absolute atomic E-state index is 0.548. The molecule has 4 N–H and O–H groups in total. The molecule has 0 unspecified atom stereocenters. The quantitative estimate of drug-likeness (QED) is 0.475. The maximum absolute atomic E-state index is 6.34. The van der Waals surface area contributed by atoms with Crippen molar-refractivity contribution in [2.75, 3.05) is 12.4 Å². The fraction of sp³-hybridized carbons (Fsp3) is 0.176. The van der Waals surface area contributed by atoms with E-state index in [-0.39, 0.29) is 0 Å². The maximum Gasteiger partial charge on any atom is 0.149 e. The molecule has 3 aromatic rings. The lowest BCUT2D eigenvalue weighted by Gasteiger charge is -2.09. The first-order chi connectivity index (χ1) is 11.9. The van der Waals surface area contributed by atoms with Crippen LogP contribution in [0.3, 0.4) is 0 Å². The third-order valence-corrected chi connectivity index (χ3v) is 3.79. The number of pyridine rings is 1. The van der Waals surface area contributed by atoms with Crippen LogP contribution >= 0.6 is 23.2 Å². The molecule has 0 saturated carbocycles. The first-order valence-electron chi connectivity index (χ1n) is 7.51. The van der Waals surface area contributed by atoms with E-state index in [1.54, 1.807) is 13.2 Å². The molecule has 2 heterocycles. The van der Waals surface area contributed by atoms with Crippen LogP contribution in [0.1, 0.15) is 5.69 Å². The van der Waals surface area contributed by atoms with Crippen molar-refractivity contribution >= 4 is 34.7 Å². The summed E-state index contributed by atoms with van der Waals surface area (Å²) in [5.74, 6) is 5.20. The number of halogens is 2. The van der Waals surface area contributed by atoms with Gasteiger partial charge in [0.15, 0.2) is 0 Å². The van der Waals surface area contributed by atoms with Crippen LogP contribution in [0.5, 0.6) is 0 Å². The number of aromatic nitrogens is 3. The molecule has 25 heavy (non-hydrogen) atoms. The van der Waals surface area contributed by atoms with Gasteiger partial charge >= 0.3 is 0 Å². The maximum atomic E-state index is 6.34. The molecule has 1 aromatic carbocycles. The van der Waals surface area contributed by atoms with E-state index in [1.807, 2.05) is 55.1 Å². The van der Waals surface area contributed by atoms with Gasteiger partial charge < -0.3 is 5.32 Å². The minimum atomic E-state index is 0.548. The summed E-state index contributed by atoms with van der Waals surface area (Å²) in [6, 6.07) is 11.2. The van der Waals surface area contributed by atoms with Gasteiger partial charge in [-0.1, -0.05) is 23.2 Å². The number of nitrogens with two attached hydrogens (primary N) is 1. The topological polar surface area (TPSA) is 80.8 Å². The molecule has 0 spiro atoms. The monoisotopic (exact) mass is 378 g/mol.